The van der Waals surface area contributed by atoms with Crippen molar-refractivity contribution in [2.24, 2.45) is 0 Å². The number of alkyl carbamates (subject to hydrolysis) is 1. The standard InChI is InChI=1S/C15H17BrClN3O2/c1-15(2,3)22-14(21)18-7-6-11-13(17)20-10-5-4-9(16)8-12(10)19-11/h4-5,8H,6-7H2,1-3H3,(H,18,21). The van der Waals surface area contributed by atoms with Gasteiger partial charge >= 0.3 is 6.09 Å². The molecule has 2 rings (SSSR count). The fourth-order valence-electron chi connectivity index (χ4n) is 1.80. The van der Waals surface area contributed by atoms with E-state index in [1.165, 1.54) is 0 Å². The highest BCUT2D eigenvalue weighted by Crippen LogP contribution is 2.20. The zero-order valence-corrected chi connectivity index (χ0v) is 15.0. The maximum absolute atomic E-state index is 11.6. The number of carbonyl (C=O) groups is 1. The molecule has 1 aromatic carbocycles. The van der Waals surface area contributed by atoms with Crippen molar-refractivity contribution in [2.75, 3.05) is 6.54 Å². The largest absolute Gasteiger partial charge is 0.444 e. The van der Waals surface area contributed by atoms with Crippen molar-refractivity contribution in [3.63, 3.8) is 0 Å². The fourth-order valence-corrected chi connectivity index (χ4v) is 2.38. The zero-order valence-electron chi connectivity index (χ0n) is 12.6. The highest BCUT2D eigenvalue weighted by atomic mass is 79.9. The lowest BCUT2D eigenvalue weighted by molar-refractivity contribution is 0.0528. The van der Waals surface area contributed by atoms with E-state index in [9.17, 15) is 4.79 Å². The average molecular weight is 387 g/mol. The lowest BCUT2D eigenvalue weighted by Crippen LogP contribution is -2.33. The molecule has 118 valence electrons. The molecule has 0 radical (unpaired) electrons. The minimum absolute atomic E-state index is 0.348. The molecule has 0 bridgehead atoms. The van der Waals surface area contributed by atoms with Gasteiger partial charge in [0.25, 0.3) is 0 Å². The molecule has 22 heavy (non-hydrogen) atoms. The molecule has 1 aromatic heterocycles. The predicted molar refractivity (Wildman–Crippen MR) is 90.2 cm³/mol. The first-order valence-electron chi connectivity index (χ1n) is 6.83. The number of hydrogen-bond donors (Lipinski definition) is 1. The number of amides is 1. The Bertz CT molecular complexity index is 701. The van der Waals surface area contributed by atoms with E-state index in [-0.39, 0.29) is 0 Å². The topological polar surface area (TPSA) is 64.1 Å². The number of ether oxygens (including phenoxy) is 1. The van der Waals surface area contributed by atoms with Crippen LogP contribution in [0.25, 0.3) is 11.0 Å². The lowest BCUT2D eigenvalue weighted by atomic mass is 10.2. The van der Waals surface area contributed by atoms with Crippen LogP contribution < -0.4 is 5.32 Å². The van der Waals surface area contributed by atoms with Gasteiger partial charge < -0.3 is 10.1 Å². The summed E-state index contributed by atoms with van der Waals surface area (Å²) in [5.41, 5.74) is 1.61. The van der Waals surface area contributed by atoms with Gasteiger partial charge in [-0.2, -0.15) is 0 Å². The molecular formula is C15H17BrClN3O2. The molecule has 1 amide bonds. The molecule has 0 fully saturated rings. The highest BCUT2D eigenvalue weighted by Gasteiger charge is 2.16. The third-order valence-electron chi connectivity index (χ3n) is 2.68. The second-order valence-corrected chi connectivity index (χ2v) is 7.05. The number of nitrogens with one attached hydrogen (secondary N) is 1. The van der Waals surface area contributed by atoms with Crippen LogP contribution in [0.2, 0.25) is 5.15 Å². The molecule has 1 heterocycles. The molecule has 0 aliphatic rings. The predicted octanol–water partition coefficient (Wildman–Crippen LogP) is 4.11. The van der Waals surface area contributed by atoms with Crippen LogP contribution >= 0.6 is 27.5 Å². The summed E-state index contributed by atoms with van der Waals surface area (Å²) in [6.45, 7) is 5.82. The van der Waals surface area contributed by atoms with Gasteiger partial charge in [0.1, 0.15) is 5.60 Å². The van der Waals surface area contributed by atoms with Crippen molar-refractivity contribution < 1.29 is 9.53 Å². The summed E-state index contributed by atoms with van der Waals surface area (Å²) in [5, 5.41) is 3.03. The van der Waals surface area contributed by atoms with Crippen LogP contribution in [-0.4, -0.2) is 28.2 Å². The Hall–Kier alpha value is -1.40. The Kier molecular flexibility index (Phi) is 5.24. The van der Waals surface area contributed by atoms with Gasteiger partial charge in [0.15, 0.2) is 5.15 Å². The quantitative estimate of drug-likeness (QED) is 0.862. The third-order valence-corrected chi connectivity index (χ3v) is 3.48. The van der Waals surface area contributed by atoms with Gasteiger partial charge in [0, 0.05) is 17.4 Å². The maximum atomic E-state index is 11.6. The summed E-state index contributed by atoms with van der Waals surface area (Å²) in [6.07, 6.45) is 0.0215. The van der Waals surface area contributed by atoms with Crippen molar-refractivity contribution >= 4 is 44.7 Å². The normalized spacial score (nSPS) is 11.5. The molecular weight excluding hydrogens is 370 g/mol. The minimum Gasteiger partial charge on any atom is -0.444 e. The van der Waals surface area contributed by atoms with E-state index in [0.29, 0.717) is 23.8 Å². The molecule has 7 heteroatoms. The van der Waals surface area contributed by atoms with Gasteiger partial charge in [-0.15, -0.1) is 0 Å². The molecule has 0 saturated carbocycles. The second kappa shape index (κ2) is 6.79. The van der Waals surface area contributed by atoms with E-state index in [0.717, 1.165) is 15.5 Å². The number of aromatic nitrogens is 2. The van der Waals surface area contributed by atoms with Crippen LogP contribution in [-0.2, 0) is 11.2 Å². The van der Waals surface area contributed by atoms with Crippen molar-refractivity contribution in [1.29, 1.82) is 0 Å². The first-order valence-corrected chi connectivity index (χ1v) is 8.00. The molecule has 0 unspecified atom stereocenters. The fraction of sp³-hybridized carbons (Fsp3) is 0.400. The number of rotatable bonds is 3. The van der Waals surface area contributed by atoms with Crippen LogP contribution in [0.3, 0.4) is 0 Å². The number of hydrogen-bond acceptors (Lipinski definition) is 4. The van der Waals surface area contributed by atoms with E-state index in [1.54, 1.807) is 0 Å². The molecule has 0 spiro atoms. The maximum Gasteiger partial charge on any atom is 0.407 e. The Morgan fingerprint density at radius 2 is 2.05 bits per heavy atom. The van der Waals surface area contributed by atoms with Gasteiger partial charge in [0.2, 0.25) is 0 Å². The van der Waals surface area contributed by atoms with Gasteiger partial charge in [-0.25, -0.2) is 14.8 Å². The average Bonchev–Trinajstić information content (AvgIpc) is 2.37. The van der Waals surface area contributed by atoms with Crippen LogP contribution in [0, 0.1) is 0 Å². The van der Waals surface area contributed by atoms with Crippen molar-refractivity contribution in [2.45, 2.75) is 32.8 Å². The molecule has 0 aliphatic heterocycles. The monoisotopic (exact) mass is 385 g/mol. The highest BCUT2D eigenvalue weighted by molar-refractivity contribution is 9.10. The van der Waals surface area contributed by atoms with Crippen molar-refractivity contribution in [3.05, 3.63) is 33.5 Å². The van der Waals surface area contributed by atoms with Crippen LogP contribution in [0.15, 0.2) is 22.7 Å². The Morgan fingerprint density at radius 1 is 1.32 bits per heavy atom. The number of halogens is 2. The summed E-state index contributed by atoms with van der Waals surface area (Å²) in [6, 6.07) is 5.61. The van der Waals surface area contributed by atoms with Crippen LogP contribution in [0.1, 0.15) is 26.5 Å². The third kappa shape index (κ3) is 4.81. The molecule has 1 N–H and O–H groups in total. The summed E-state index contributed by atoms with van der Waals surface area (Å²) in [5.74, 6) is 0. The molecule has 2 aromatic rings. The SMILES string of the molecule is CC(C)(C)OC(=O)NCCc1nc2cc(Br)ccc2nc1Cl. The van der Waals surface area contributed by atoms with E-state index >= 15 is 0 Å². The smallest absolute Gasteiger partial charge is 0.407 e. The van der Waals surface area contributed by atoms with Crippen molar-refractivity contribution in [1.82, 2.24) is 15.3 Å². The Morgan fingerprint density at radius 3 is 2.73 bits per heavy atom. The molecule has 0 aliphatic carbocycles. The molecule has 5 nitrogen and oxygen atoms in total. The van der Waals surface area contributed by atoms with Gasteiger partial charge in [-0.05, 0) is 39.0 Å². The zero-order chi connectivity index (χ0) is 16.3. The molecule has 0 atom stereocenters. The second-order valence-electron chi connectivity index (χ2n) is 5.77. The van der Waals surface area contributed by atoms with Gasteiger partial charge in [0.05, 0.1) is 16.7 Å². The van der Waals surface area contributed by atoms with Crippen LogP contribution in [0.5, 0.6) is 0 Å². The Balaban J connectivity index is 2.02. The van der Waals surface area contributed by atoms with Crippen LogP contribution in [0.4, 0.5) is 4.79 Å². The van der Waals surface area contributed by atoms with E-state index < -0.39 is 11.7 Å². The molecule has 0 saturated heterocycles. The summed E-state index contributed by atoms with van der Waals surface area (Å²) >= 11 is 9.54. The first-order chi connectivity index (χ1) is 10.2. The number of fused-ring (bicyclic) bond motifs is 1. The van der Waals surface area contributed by atoms with E-state index in [4.69, 9.17) is 16.3 Å². The number of nitrogens with zero attached hydrogens (tertiary/aromatic N) is 2. The minimum atomic E-state index is -0.517. The lowest BCUT2D eigenvalue weighted by Gasteiger charge is -2.19. The number of benzene rings is 1. The summed E-state index contributed by atoms with van der Waals surface area (Å²) in [4.78, 5) is 20.4. The van der Waals surface area contributed by atoms with Crippen molar-refractivity contribution in [3.8, 4) is 0 Å². The van der Waals surface area contributed by atoms with E-state index in [1.807, 2.05) is 39.0 Å². The van der Waals surface area contributed by atoms with E-state index in [2.05, 4.69) is 31.2 Å². The number of carbonyl (C=O) groups excluding carboxylic acids is 1. The van der Waals surface area contributed by atoms with Gasteiger partial charge in [-0.1, -0.05) is 27.5 Å². The Labute approximate surface area is 142 Å². The summed E-state index contributed by atoms with van der Waals surface area (Å²) < 4.78 is 6.09. The first kappa shape index (κ1) is 17.0. The van der Waals surface area contributed by atoms with Gasteiger partial charge in [-0.3, -0.25) is 0 Å². The summed E-state index contributed by atoms with van der Waals surface area (Å²) in [7, 11) is 0.